The fraction of sp³-hybridized carbons (Fsp3) is 0.261. The quantitative estimate of drug-likeness (QED) is 0.420. The van der Waals surface area contributed by atoms with Gasteiger partial charge in [-0.3, -0.25) is 19.0 Å². The molecule has 1 amide bonds. The van der Waals surface area contributed by atoms with Crippen LogP contribution in [0.4, 0.5) is 5.69 Å². The van der Waals surface area contributed by atoms with E-state index in [1.807, 2.05) is 0 Å². The van der Waals surface area contributed by atoms with Crippen molar-refractivity contribution in [3.05, 3.63) is 75.2 Å². The highest BCUT2D eigenvalue weighted by Gasteiger charge is 2.29. The highest BCUT2D eigenvalue weighted by Crippen LogP contribution is 2.29. The van der Waals surface area contributed by atoms with E-state index in [0.717, 1.165) is 24.6 Å². The summed E-state index contributed by atoms with van der Waals surface area (Å²) in [6.45, 7) is 1.07. The summed E-state index contributed by atoms with van der Waals surface area (Å²) in [7, 11) is 0. The van der Waals surface area contributed by atoms with Crippen LogP contribution in [0.15, 0.2) is 52.4 Å². The van der Waals surface area contributed by atoms with Crippen molar-refractivity contribution in [1.29, 1.82) is 0 Å². The third-order valence-electron chi connectivity index (χ3n) is 5.67. The van der Waals surface area contributed by atoms with Gasteiger partial charge in [-0.05, 0) is 31.0 Å². The maximum absolute atomic E-state index is 12.9. The van der Waals surface area contributed by atoms with Crippen molar-refractivity contribution >= 4 is 34.9 Å². The standard InChI is InChI=1S/C23H20N4O5S/c28-19(12-33-23-26-25-22(31)27(23)11-14-4-3-9-32-14)24-13-7-8-17-18(10-13)21(30)16-6-2-1-5-15(16)20(17)29/h1-2,5-8,10,14H,3-4,9,11-12H2,(H,24,28)(H,25,31). The number of H-pyrrole nitrogens is 1. The Labute approximate surface area is 192 Å². The predicted molar refractivity (Wildman–Crippen MR) is 121 cm³/mol. The number of amides is 1. The smallest absolute Gasteiger partial charge is 0.344 e. The lowest BCUT2D eigenvalue weighted by Gasteiger charge is -2.18. The second kappa shape index (κ2) is 8.80. The summed E-state index contributed by atoms with van der Waals surface area (Å²) in [5, 5.41) is 9.58. The number of thioether (sulfide) groups is 1. The van der Waals surface area contributed by atoms with E-state index in [1.165, 1.54) is 10.6 Å². The van der Waals surface area contributed by atoms with Crippen LogP contribution in [0.2, 0.25) is 0 Å². The number of hydrogen-bond donors (Lipinski definition) is 2. The van der Waals surface area contributed by atoms with Gasteiger partial charge in [0.2, 0.25) is 5.91 Å². The Morgan fingerprint density at radius 3 is 2.55 bits per heavy atom. The average molecular weight is 465 g/mol. The lowest BCUT2D eigenvalue weighted by atomic mass is 9.84. The van der Waals surface area contributed by atoms with E-state index in [0.29, 0.717) is 40.7 Å². The van der Waals surface area contributed by atoms with Gasteiger partial charge in [0, 0.05) is 34.5 Å². The van der Waals surface area contributed by atoms with Crippen molar-refractivity contribution < 1.29 is 19.1 Å². The lowest BCUT2D eigenvalue weighted by Crippen LogP contribution is -2.25. The van der Waals surface area contributed by atoms with Gasteiger partial charge in [0.05, 0.1) is 18.4 Å². The first-order valence-corrected chi connectivity index (χ1v) is 11.5. The van der Waals surface area contributed by atoms with Crippen molar-refractivity contribution in [3.63, 3.8) is 0 Å². The van der Waals surface area contributed by atoms with Gasteiger partial charge in [-0.1, -0.05) is 36.0 Å². The molecule has 2 aliphatic rings. The molecule has 5 rings (SSSR count). The monoisotopic (exact) mass is 464 g/mol. The molecule has 1 unspecified atom stereocenters. The second-order valence-corrected chi connectivity index (χ2v) is 8.80. The SMILES string of the molecule is O=C(CSc1n[nH]c(=O)n1CC1CCCO1)Nc1ccc2c(c1)C(=O)c1ccccc1C2=O. The minimum atomic E-state index is -0.341. The zero-order valence-corrected chi connectivity index (χ0v) is 18.3. The Morgan fingerprint density at radius 1 is 1.09 bits per heavy atom. The first-order valence-electron chi connectivity index (χ1n) is 10.5. The number of aromatic nitrogens is 3. The predicted octanol–water partition coefficient (Wildman–Crippen LogP) is 2.26. The normalized spacial score (nSPS) is 17.0. The van der Waals surface area contributed by atoms with E-state index in [1.54, 1.807) is 36.4 Å². The third kappa shape index (κ3) is 4.14. The Kier molecular flexibility index (Phi) is 5.69. The number of rotatable bonds is 6. The maximum Gasteiger partial charge on any atom is 0.344 e. The van der Waals surface area contributed by atoms with Crippen molar-refractivity contribution in [2.75, 3.05) is 17.7 Å². The van der Waals surface area contributed by atoms with Crippen LogP contribution in [0.1, 0.15) is 44.7 Å². The molecule has 1 aliphatic carbocycles. The van der Waals surface area contributed by atoms with Crippen LogP contribution in [0.25, 0.3) is 0 Å². The van der Waals surface area contributed by atoms with Gasteiger partial charge in [0.15, 0.2) is 16.7 Å². The number of carbonyl (C=O) groups is 3. The molecule has 2 heterocycles. The molecule has 2 N–H and O–H groups in total. The fourth-order valence-electron chi connectivity index (χ4n) is 4.07. The van der Waals surface area contributed by atoms with Gasteiger partial charge in [-0.25, -0.2) is 9.89 Å². The number of benzene rings is 2. The number of nitrogens with one attached hydrogen (secondary N) is 2. The maximum atomic E-state index is 12.9. The fourth-order valence-corrected chi connectivity index (χ4v) is 4.83. The molecule has 0 spiro atoms. The van der Waals surface area contributed by atoms with E-state index in [2.05, 4.69) is 15.5 Å². The minimum Gasteiger partial charge on any atom is -0.376 e. The van der Waals surface area contributed by atoms with Crippen LogP contribution < -0.4 is 11.0 Å². The molecule has 9 nitrogen and oxygen atoms in total. The molecule has 2 aromatic carbocycles. The Balaban J connectivity index is 1.27. The first kappa shape index (κ1) is 21.4. The zero-order chi connectivity index (χ0) is 22.9. The summed E-state index contributed by atoms with van der Waals surface area (Å²) in [4.78, 5) is 50.2. The summed E-state index contributed by atoms with van der Waals surface area (Å²) in [6, 6.07) is 11.4. The summed E-state index contributed by atoms with van der Waals surface area (Å²) in [5.41, 5.74) is 1.40. The van der Waals surface area contributed by atoms with Crippen LogP contribution in [0.3, 0.4) is 0 Å². The van der Waals surface area contributed by atoms with Crippen LogP contribution in [-0.2, 0) is 16.1 Å². The lowest BCUT2D eigenvalue weighted by molar-refractivity contribution is -0.113. The minimum absolute atomic E-state index is 0.0165. The molecule has 1 fully saturated rings. The number of aromatic amines is 1. The van der Waals surface area contributed by atoms with Crippen molar-refractivity contribution in [3.8, 4) is 0 Å². The van der Waals surface area contributed by atoms with Gasteiger partial charge in [-0.2, -0.15) is 0 Å². The number of hydrogen-bond acceptors (Lipinski definition) is 7. The van der Waals surface area contributed by atoms with E-state index < -0.39 is 0 Å². The molecular weight excluding hydrogens is 444 g/mol. The molecule has 1 aromatic heterocycles. The van der Waals surface area contributed by atoms with Crippen molar-refractivity contribution in [1.82, 2.24) is 14.8 Å². The number of ether oxygens (including phenoxy) is 1. The largest absolute Gasteiger partial charge is 0.376 e. The van der Waals surface area contributed by atoms with Gasteiger partial charge < -0.3 is 10.1 Å². The highest BCUT2D eigenvalue weighted by molar-refractivity contribution is 7.99. The van der Waals surface area contributed by atoms with Gasteiger partial charge >= 0.3 is 5.69 Å². The summed E-state index contributed by atoms with van der Waals surface area (Å²) >= 11 is 1.13. The molecule has 1 aliphatic heterocycles. The second-order valence-electron chi connectivity index (χ2n) is 7.86. The molecule has 33 heavy (non-hydrogen) atoms. The molecule has 1 atom stereocenters. The van der Waals surface area contributed by atoms with Crippen LogP contribution in [0, 0.1) is 0 Å². The Hall–Kier alpha value is -3.50. The highest BCUT2D eigenvalue weighted by atomic mass is 32.2. The van der Waals surface area contributed by atoms with Crippen LogP contribution in [-0.4, -0.2) is 50.7 Å². The van der Waals surface area contributed by atoms with Crippen LogP contribution in [0.5, 0.6) is 0 Å². The average Bonchev–Trinajstić information content (AvgIpc) is 3.46. The Morgan fingerprint density at radius 2 is 1.82 bits per heavy atom. The Bertz CT molecular complexity index is 1320. The molecule has 0 saturated carbocycles. The molecule has 10 heteroatoms. The van der Waals surface area contributed by atoms with Gasteiger partial charge in [-0.15, -0.1) is 5.10 Å². The first-order chi connectivity index (χ1) is 16.0. The van der Waals surface area contributed by atoms with Crippen LogP contribution >= 0.6 is 11.8 Å². The molecule has 0 bridgehead atoms. The van der Waals surface area contributed by atoms with E-state index in [-0.39, 0.29) is 40.6 Å². The molecule has 0 radical (unpaired) electrons. The van der Waals surface area contributed by atoms with E-state index >= 15 is 0 Å². The van der Waals surface area contributed by atoms with Crippen molar-refractivity contribution in [2.45, 2.75) is 30.6 Å². The number of ketones is 2. The summed E-state index contributed by atoms with van der Waals surface area (Å²) < 4.78 is 7.06. The number of carbonyl (C=O) groups excluding carboxylic acids is 3. The van der Waals surface area contributed by atoms with E-state index in [9.17, 15) is 19.2 Å². The van der Waals surface area contributed by atoms with Gasteiger partial charge in [0.1, 0.15) is 0 Å². The summed E-state index contributed by atoms with van der Waals surface area (Å²) in [6.07, 6.45) is 1.81. The number of anilines is 1. The third-order valence-corrected chi connectivity index (χ3v) is 6.65. The number of fused-ring (bicyclic) bond motifs is 2. The summed E-state index contributed by atoms with van der Waals surface area (Å²) in [5.74, 6) is -0.770. The molecule has 3 aromatic rings. The topological polar surface area (TPSA) is 123 Å². The number of nitrogens with zero attached hydrogens (tertiary/aromatic N) is 2. The van der Waals surface area contributed by atoms with Gasteiger partial charge in [0.25, 0.3) is 0 Å². The molecule has 1 saturated heterocycles. The van der Waals surface area contributed by atoms with Crippen molar-refractivity contribution in [2.24, 2.45) is 0 Å². The molecular formula is C23H20N4O5S. The zero-order valence-electron chi connectivity index (χ0n) is 17.5. The van der Waals surface area contributed by atoms with E-state index in [4.69, 9.17) is 4.74 Å². The molecule has 168 valence electrons.